The SMILES string of the molecule is CCCOc1ccc(N)c(C(F)(F)F)c1. The minimum Gasteiger partial charge on any atom is -0.494 e. The Balaban J connectivity index is 2.95. The van der Waals surface area contributed by atoms with Gasteiger partial charge in [0, 0.05) is 5.69 Å². The van der Waals surface area contributed by atoms with Gasteiger partial charge in [0.15, 0.2) is 0 Å². The summed E-state index contributed by atoms with van der Waals surface area (Å²) in [6.07, 6.45) is -3.69. The zero-order valence-electron chi connectivity index (χ0n) is 8.27. The molecule has 0 aromatic heterocycles. The Hall–Kier alpha value is -1.39. The third kappa shape index (κ3) is 3.04. The molecule has 0 saturated carbocycles. The van der Waals surface area contributed by atoms with Crippen molar-refractivity contribution in [3.05, 3.63) is 23.8 Å². The molecule has 15 heavy (non-hydrogen) atoms. The van der Waals surface area contributed by atoms with Crippen LogP contribution in [0, 0.1) is 0 Å². The second-order valence-electron chi connectivity index (χ2n) is 3.10. The van der Waals surface area contributed by atoms with Crippen molar-refractivity contribution in [2.75, 3.05) is 12.3 Å². The van der Waals surface area contributed by atoms with Crippen molar-refractivity contribution in [2.45, 2.75) is 19.5 Å². The van der Waals surface area contributed by atoms with Gasteiger partial charge in [0.1, 0.15) is 5.75 Å². The fourth-order valence-electron chi connectivity index (χ4n) is 1.09. The Kier molecular flexibility index (Phi) is 3.44. The second-order valence-corrected chi connectivity index (χ2v) is 3.10. The van der Waals surface area contributed by atoms with Gasteiger partial charge in [0.25, 0.3) is 0 Å². The second kappa shape index (κ2) is 4.42. The Morgan fingerprint density at radius 1 is 1.33 bits per heavy atom. The van der Waals surface area contributed by atoms with Gasteiger partial charge in [-0.3, -0.25) is 0 Å². The molecule has 0 aliphatic carbocycles. The van der Waals surface area contributed by atoms with Crippen LogP contribution in [-0.2, 0) is 6.18 Å². The average Bonchev–Trinajstić information content (AvgIpc) is 2.15. The summed E-state index contributed by atoms with van der Waals surface area (Å²) >= 11 is 0. The molecule has 0 heterocycles. The van der Waals surface area contributed by atoms with E-state index in [-0.39, 0.29) is 11.4 Å². The largest absolute Gasteiger partial charge is 0.494 e. The minimum atomic E-state index is -4.43. The van der Waals surface area contributed by atoms with Crippen molar-refractivity contribution in [1.29, 1.82) is 0 Å². The number of rotatable bonds is 3. The van der Waals surface area contributed by atoms with Crippen LogP contribution in [0.4, 0.5) is 18.9 Å². The Morgan fingerprint density at radius 2 is 2.00 bits per heavy atom. The molecule has 1 aromatic rings. The molecule has 0 aliphatic rings. The van der Waals surface area contributed by atoms with Gasteiger partial charge in [0.2, 0.25) is 0 Å². The van der Waals surface area contributed by atoms with Gasteiger partial charge < -0.3 is 10.5 Å². The van der Waals surface area contributed by atoms with Gasteiger partial charge in [-0.05, 0) is 24.6 Å². The van der Waals surface area contributed by atoms with E-state index in [0.717, 1.165) is 12.5 Å². The highest BCUT2D eigenvalue weighted by molar-refractivity contribution is 5.51. The summed E-state index contributed by atoms with van der Waals surface area (Å²) < 4.78 is 42.3. The monoisotopic (exact) mass is 219 g/mol. The molecule has 0 amide bonds. The number of ether oxygens (including phenoxy) is 1. The van der Waals surface area contributed by atoms with Crippen molar-refractivity contribution in [3.8, 4) is 5.75 Å². The highest BCUT2D eigenvalue weighted by atomic mass is 19.4. The summed E-state index contributed by atoms with van der Waals surface area (Å²) in [5.41, 5.74) is 4.09. The Morgan fingerprint density at radius 3 is 2.53 bits per heavy atom. The average molecular weight is 219 g/mol. The van der Waals surface area contributed by atoms with Crippen molar-refractivity contribution < 1.29 is 17.9 Å². The van der Waals surface area contributed by atoms with Crippen molar-refractivity contribution in [1.82, 2.24) is 0 Å². The lowest BCUT2D eigenvalue weighted by Gasteiger charge is -2.12. The smallest absolute Gasteiger partial charge is 0.418 e. The van der Waals surface area contributed by atoms with E-state index >= 15 is 0 Å². The van der Waals surface area contributed by atoms with E-state index in [1.54, 1.807) is 0 Å². The third-order valence-electron chi connectivity index (χ3n) is 1.80. The maximum Gasteiger partial charge on any atom is 0.418 e. The van der Waals surface area contributed by atoms with Crippen LogP contribution in [0.3, 0.4) is 0 Å². The molecule has 2 nitrogen and oxygen atoms in total. The number of nitrogen functional groups attached to an aromatic ring is 1. The van der Waals surface area contributed by atoms with Crippen LogP contribution in [0.15, 0.2) is 18.2 Å². The van der Waals surface area contributed by atoms with Gasteiger partial charge in [-0.2, -0.15) is 13.2 Å². The van der Waals surface area contributed by atoms with Crippen LogP contribution in [0.1, 0.15) is 18.9 Å². The molecule has 0 fully saturated rings. The van der Waals surface area contributed by atoms with Crippen LogP contribution in [0.2, 0.25) is 0 Å². The van der Waals surface area contributed by atoms with Crippen LogP contribution < -0.4 is 10.5 Å². The first kappa shape index (κ1) is 11.7. The number of hydrogen-bond donors (Lipinski definition) is 1. The van der Waals surface area contributed by atoms with Crippen LogP contribution in [-0.4, -0.2) is 6.61 Å². The molecule has 0 aliphatic heterocycles. The predicted molar refractivity (Wildman–Crippen MR) is 51.6 cm³/mol. The first-order valence-corrected chi connectivity index (χ1v) is 4.54. The van der Waals surface area contributed by atoms with Crippen molar-refractivity contribution >= 4 is 5.69 Å². The molecule has 0 atom stereocenters. The predicted octanol–water partition coefficient (Wildman–Crippen LogP) is 3.08. The highest BCUT2D eigenvalue weighted by Gasteiger charge is 2.33. The number of benzene rings is 1. The molecule has 1 aromatic carbocycles. The normalized spacial score (nSPS) is 11.5. The van der Waals surface area contributed by atoms with E-state index in [0.29, 0.717) is 6.61 Å². The summed E-state index contributed by atoms with van der Waals surface area (Å²) in [6.45, 7) is 2.27. The number of anilines is 1. The van der Waals surface area contributed by atoms with Gasteiger partial charge in [-0.15, -0.1) is 0 Å². The van der Waals surface area contributed by atoms with Gasteiger partial charge in [-0.25, -0.2) is 0 Å². The molecule has 0 bridgehead atoms. The van der Waals surface area contributed by atoms with E-state index in [1.807, 2.05) is 6.92 Å². The standard InChI is InChI=1S/C10H12F3NO/c1-2-5-15-7-3-4-9(14)8(6-7)10(11,12)13/h3-4,6H,2,5,14H2,1H3. The topological polar surface area (TPSA) is 35.2 Å². The van der Waals surface area contributed by atoms with E-state index in [9.17, 15) is 13.2 Å². The third-order valence-corrected chi connectivity index (χ3v) is 1.80. The summed E-state index contributed by atoms with van der Waals surface area (Å²) in [4.78, 5) is 0. The lowest BCUT2D eigenvalue weighted by Crippen LogP contribution is -2.09. The summed E-state index contributed by atoms with van der Waals surface area (Å²) in [7, 11) is 0. The molecule has 5 heteroatoms. The lowest BCUT2D eigenvalue weighted by molar-refractivity contribution is -0.137. The van der Waals surface area contributed by atoms with Crippen LogP contribution in [0.25, 0.3) is 0 Å². The molecule has 0 unspecified atom stereocenters. The van der Waals surface area contributed by atoms with E-state index < -0.39 is 11.7 Å². The Bertz CT molecular complexity index is 336. The quantitative estimate of drug-likeness (QED) is 0.793. The summed E-state index contributed by atoms with van der Waals surface area (Å²) in [5, 5.41) is 0. The fourth-order valence-corrected chi connectivity index (χ4v) is 1.09. The van der Waals surface area contributed by atoms with Crippen LogP contribution in [0.5, 0.6) is 5.75 Å². The van der Waals surface area contributed by atoms with Gasteiger partial charge in [-0.1, -0.05) is 6.92 Å². The zero-order chi connectivity index (χ0) is 11.5. The number of halogens is 3. The van der Waals surface area contributed by atoms with Crippen molar-refractivity contribution in [2.24, 2.45) is 0 Å². The summed E-state index contributed by atoms with van der Waals surface area (Å²) in [5.74, 6) is 0.193. The van der Waals surface area contributed by atoms with Gasteiger partial charge >= 0.3 is 6.18 Å². The minimum absolute atomic E-state index is 0.193. The molecule has 84 valence electrons. The van der Waals surface area contributed by atoms with E-state index in [2.05, 4.69) is 0 Å². The van der Waals surface area contributed by atoms with Crippen molar-refractivity contribution in [3.63, 3.8) is 0 Å². The zero-order valence-corrected chi connectivity index (χ0v) is 8.27. The molecule has 0 saturated heterocycles. The van der Waals surface area contributed by atoms with E-state index in [1.165, 1.54) is 12.1 Å². The fraction of sp³-hybridized carbons (Fsp3) is 0.400. The number of alkyl halides is 3. The molecular weight excluding hydrogens is 207 g/mol. The van der Waals surface area contributed by atoms with Crippen LogP contribution >= 0.6 is 0 Å². The molecular formula is C10H12F3NO. The first-order chi connectivity index (χ1) is 6.95. The molecule has 0 spiro atoms. The van der Waals surface area contributed by atoms with Gasteiger partial charge in [0.05, 0.1) is 12.2 Å². The molecule has 1 rings (SSSR count). The Labute approximate surface area is 85.8 Å². The number of hydrogen-bond acceptors (Lipinski definition) is 2. The molecule has 0 radical (unpaired) electrons. The van der Waals surface area contributed by atoms with E-state index in [4.69, 9.17) is 10.5 Å². The maximum atomic E-state index is 12.4. The molecule has 2 N–H and O–H groups in total. The maximum absolute atomic E-state index is 12.4. The first-order valence-electron chi connectivity index (χ1n) is 4.54. The summed E-state index contributed by atoms with van der Waals surface area (Å²) in [6, 6.07) is 3.55. The number of nitrogens with two attached hydrogens (primary N) is 1. The lowest BCUT2D eigenvalue weighted by atomic mass is 10.1. The highest BCUT2D eigenvalue weighted by Crippen LogP contribution is 2.35.